The van der Waals surface area contributed by atoms with E-state index in [1.807, 2.05) is 43.4 Å². The number of rotatable bonds is 11. The number of ether oxygens (including phenoxy) is 2. The quantitative estimate of drug-likeness (QED) is 0.213. The van der Waals surface area contributed by atoms with E-state index in [0.717, 1.165) is 24.0 Å². The van der Waals surface area contributed by atoms with Gasteiger partial charge in [-0.1, -0.05) is 18.2 Å². The Morgan fingerprint density at radius 2 is 1.87 bits per heavy atom. The van der Waals surface area contributed by atoms with Crippen molar-refractivity contribution in [1.82, 2.24) is 20.3 Å². The van der Waals surface area contributed by atoms with Gasteiger partial charge < -0.3 is 29.8 Å². The summed E-state index contributed by atoms with van der Waals surface area (Å²) in [6.07, 6.45) is 2.26. The highest BCUT2D eigenvalue weighted by molar-refractivity contribution is 6.07. The lowest BCUT2D eigenvalue weighted by molar-refractivity contribution is 0.0953. The van der Waals surface area contributed by atoms with Crippen molar-refractivity contribution in [2.75, 3.05) is 45.4 Å². The standard InChI is InChI=1S/C30H31N5O4/c1-35(21-7-4-3-5-8-21)14-6-13-31-29(36)20-9-12-25-24(17-20)27(30(37)34-25)28-23-11-10-22(39-16-15-38-2)18-26(23)32-19-33-28/h3-5,7-12,17-19,34,37H,6,13-16H2,1-2H3,(H,31,36). The van der Waals surface area contributed by atoms with Crippen LogP contribution in [0.2, 0.25) is 0 Å². The second-order valence-corrected chi connectivity index (χ2v) is 9.22. The molecule has 39 heavy (non-hydrogen) atoms. The third-order valence-corrected chi connectivity index (χ3v) is 6.59. The molecule has 2 heterocycles. The van der Waals surface area contributed by atoms with Crippen LogP contribution in [0.15, 0.2) is 73.1 Å². The van der Waals surface area contributed by atoms with E-state index >= 15 is 0 Å². The average molecular weight is 526 g/mol. The van der Waals surface area contributed by atoms with Crippen molar-refractivity contribution in [2.24, 2.45) is 0 Å². The number of para-hydroxylation sites is 1. The molecule has 0 aliphatic rings. The number of amides is 1. The lowest BCUT2D eigenvalue weighted by atomic mass is 10.0. The van der Waals surface area contributed by atoms with E-state index in [4.69, 9.17) is 9.47 Å². The van der Waals surface area contributed by atoms with E-state index in [9.17, 15) is 9.90 Å². The van der Waals surface area contributed by atoms with Gasteiger partial charge in [-0.15, -0.1) is 0 Å². The van der Waals surface area contributed by atoms with E-state index in [-0.39, 0.29) is 11.8 Å². The van der Waals surface area contributed by atoms with Gasteiger partial charge in [0, 0.05) is 60.9 Å². The molecule has 0 aliphatic heterocycles. The summed E-state index contributed by atoms with van der Waals surface area (Å²) in [6, 6.07) is 21.0. The molecule has 0 spiro atoms. The van der Waals surface area contributed by atoms with Gasteiger partial charge in [-0.2, -0.15) is 0 Å². The van der Waals surface area contributed by atoms with Crippen LogP contribution >= 0.6 is 0 Å². The Kier molecular flexibility index (Phi) is 7.88. The molecule has 1 amide bonds. The van der Waals surface area contributed by atoms with E-state index in [1.165, 1.54) is 6.33 Å². The fourth-order valence-electron chi connectivity index (χ4n) is 4.56. The van der Waals surface area contributed by atoms with Gasteiger partial charge in [0.15, 0.2) is 5.88 Å². The third-order valence-electron chi connectivity index (χ3n) is 6.59. The summed E-state index contributed by atoms with van der Waals surface area (Å²) in [4.78, 5) is 27.0. The van der Waals surface area contributed by atoms with Gasteiger partial charge in [0.05, 0.1) is 23.4 Å². The van der Waals surface area contributed by atoms with Crippen LogP contribution in [0.4, 0.5) is 5.69 Å². The second-order valence-electron chi connectivity index (χ2n) is 9.22. The average Bonchev–Trinajstić information content (AvgIpc) is 3.29. The molecule has 3 aromatic carbocycles. The van der Waals surface area contributed by atoms with Gasteiger partial charge in [-0.05, 0) is 48.9 Å². The van der Waals surface area contributed by atoms with Crippen molar-refractivity contribution < 1.29 is 19.4 Å². The number of nitrogens with zero attached hydrogens (tertiary/aromatic N) is 3. The molecule has 200 valence electrons. The number of benzene rings is 3. The summed E-state index contributed by atoms with van der Waals surface area (Å²) < 4.78 is 10.7. The van der Waals surface area contributed by atoms with Gasteiger partial charge in [0.25, 0.3) is 5.91 Å². The molecule has 0 bridgehead atoms. The molecule has 5 rings (SSSR count). The van der Waals surface area contributed by atoms with Crippen molar-refractivity contribution in [3.05, 3.63) is 78.6 Å². The normalized spacial score (nSPS) is 11.1. The zero-order valence-corrected chi connectivity index (χ0v) is 22.0. The molecule has 0 radical (unpaired) electrons. The Labute approximate surface area is 226 Å². The highest BCUT2D eigenvalue weighted by Gasteiger charge is 2.19. The molecule has 0 aliphatic carbocycles. The predicted molar refractivity (Wildman–Crippen MR) is 153 cm³/mol. The van der Waals surface area contributed by atoms with Gasteiger partial charge in [-0.25, -0.2) is 9.97 Å². The number of fused-ring (bicyclic) bond motifs is 2. The summed E-state index contributed by atoms with van der Waals surface area (Å²) in [5.74, 6) is 0.476. The number of hydrogen-bond acceptors (Lipinski definition) is 7. The molecule has 9 heteroatoms. The van der Waals surface area contributed by atoms with Crippen LogP contribution in [0.5, 0.6) is 11.6 Å². The van der Waals surface area contributed by atoms with Crippen LogP contribution in [-0.2, 0) is 4.74 Å². The van der Waals surface area contributed by atoms with Crippen LogP contribution in [0.3, 0.4) is 0 Å². The number of aromatic amines is 1. The topological polar surface area (TPSA) is 113 Å². The number of carbonyl (C=O) groups is 1. The Morgan fingerprint density at radius 1 is 1.03 bits per heavy atom. The fourth-order valence-corrected chi connectivity index (χ4v) is 4.56. The molecule has 0 saturated carbocycles. The first-order valence-corrected chi connectivity index (χ1v) is 12.8. The van der Waals surface area contributed by atoms with E-state index in [0.29, 0.717) is 58.7 Å². The number of H-pyrrole nitrogens is 1. The summed E-state index contributed by atoms with van der Waals surface area (Å²) in [5.41, 5.74) is 4.11. The molecule has 0 unspecified atom stereocenters. The molecular formula is C30H31N5O4. The lowest BCUT2D eigenvalue weighted by Gasteiger charge is -2.19. The van der Waals surface area contributed by atoms with Crippen molar-refractivity contribution in [1.29, 1.82) is 0 Å². The Bertz CT molecular complexity index is 1590. The number of nitrogens with one attached hydrogen (secondary N) is 2. The zero-order chi connectivity index (χ0) is 27.2. The molecule has 0 atom stereocenters. The van der Waals surface area contributed by atoms with E-state index in [1.54, 1.807) is 25.3 Å². The maximum atomic E-state index is 13.0. The van der Waals surface area contributed by atoms with E-state index in [2.05, 4.69) is 37.3 Å². The number of carbonyl (C=O) groups excluding carboxylic acids is 1. The van der Waals surface area contributed by atoms with Crippen LogP contribution < -0.4 is 15.0 Å². The lowest BCUT2D eigenvalue weighted by Crippen LogP contribution is -2.28. The monoisotopic (exact) mass is 525 g/mol. The van der Waals surface area contributed by atoms with Crippen molar-refractivity contribution in [3.63, 3.8) is 0 Å². The largest absolute Gasteiger partial charge is 0.494 e. The van der Waals surface area contributed by atoms with Crippen LogP contribution in [-0.4, -0.2) is 66.4 Å². The Morgan fingerprint density at radius 3 is 2.69 bits per heavy atom. The first-order chi connectivity index (χ1) is 19.0. The van der Waals surface area contributed by atoms with Crippen LogP contribution in [0, 0.1) is 0 Å². The highest BCUT2D eigenvalue weighted by Crippen LogP contribution is 2.39. The van der Waals surface area contributed by atoms with Crippen molar-refractivity contribution in [2.45, 2.75) is 6.42 Å². The van der Waals surface area contributed by atoms with Crippen molar-refractivity contribution >= 4 is 33.4 Å². The first kappa shape index (κ1) is 26.0. The highest BCUT2D eigenvalue weighted by atomic mass is 16.5. The van der Waals surface area contributed by atoms with Crippen LogP contribution in [0.25, 0.3) is 33.1 Å². The van der Waals surface area contributed by atoms with Gasteiger partial charge in [0.2, 0.25) is 0 Å². The number of hydrogen-bond donors (Lipinski definition) is 3. The molecular weight excluding hydrogens is 494 g/mol. The first-order valence-electron chi connectivity index (χ1n) is 12.8. The number of anilines is 1. The minimum Gasteiger partial charge on any atom is -0.494 e. The maximum Gasteiger partial charge on any atom is 0.251 e. The van der Waals surface area contributed by atoms with Crippen molar-refractivity contribution in [3.8, 4) is 22.9 Å². The van der Waals surface area contributed by atoms with E-state index < -0.39 is 0 Å². The second kappa shape index (κ2) is 11.8. The minimum absolute atomic E-state index is 0.0214. The summed E-state index contributed by atoms with van der Waals surface area (Å²) in [5, 5.41) is 15.3. The molecule has 3 N–H and O–H groups in total. The molecule has 5 aromatic rings. The zero-order valence-electron chi connectivity index (χ0n) is 22.0. The maximum absolute atomic E-state index is 13.0. The Balaban J connectivity index is 1.34. The summed E-state index contributed by atoms with van der Waals surface area (Å²) in [7, 11) is 3.66. The van der Waals surface area contributed by atoms with Gasteiger partial charge in [0.1, 0.15) is 18.7 Å². The number of aromatic nitrogens is 3. The molecule has 2 aromatic heterocycles. The predicted octanol–water partition coefficient (Wildman–Crippen LogP) is 4.77. The molecule has 0 fully saturated rings. The Hall–Kier alpha value is -4.63. The fraction of sp³-hybridized carbons (Fsp3) is 0.233. The third kappa shape index (κ3) is 5.78. The number of methoxy groups -OCH3 is 1. The summed E-state index contributed by atoms with van der Waals surface area (Å²) in [6.45, 7) is 2.28. The van der Waals surface area contributed by atoms with Gasteiger partial charge >= 0.3 is 0 Å². The van der Waals surface area contributed by atoms with Crippen LogP contribution in [0.1, 0.15) is 16.8 Å². The smallest absolute Gasteiger partial charge is 0.251 e. The van der Waals surface area contributed by atoms with Gasteiger partial charge in [-0.3, -0.25) is 4.79 Å². The summed E-state index contributed by atoms with van der Waals surface area (Å²) >= 11 is 0. The SMILES string of the molecule is COCCOc1ccc2c(-c3c(O)[nH]c4ccc(C(=O)NCCCN(C)c5ccccc5)cc34)ncnc2c1. The minimum atomic E-state index is -0.170. The number of aromatic hydroxyl groups is 1. The molecule has 9 nitrogen and oxygen atoms in total. The molecule has 0 saturated heterocycles.